The molecule has 5 nitrogen and oxygen atoms in total. The number of anilines is 1. The third-order valence-electron chi connectivity index (χ3n) is 3.87. The number of rotatable bonds is 4. The number of nitrogens with zero attached hydrogens (tertiary/aromatic N) is 2. The van der Waals surface area contributed by atoms with E-state index in [0.717, 1.165) is 15.7 Å². The lowest BCUT2D eigenvalue weighted by Crippen LogP contribution is -2.21. The number of carbonyl (C=O) groups is 1. The Balaban J connectivity index is 1.96. The van der Waals surface area contributed by atoms with Crippen molar-refractivity contribution in [2.45, 2.75) is 6.92 Å². The van der Waals surface area contributed by atoms with Crippen molar-refractivity contribution >= 4 is 39.3 Å². The minimum absolute atomic E-state index is 0.169. The number of hydrogen-bond acceptors (Lipinski definition) is 4. The summed E-state index contributed by atoms with van der Waals surface area (Å²) in [6, 6.07) is 12.9. The number of benzene rings is 2. The first-order valence-electron chi connectivity index (χ1n) is 7.63. The quantitative estimate of drug-likeness (QED) is 0.719. The van der Waals surface area contributed by atoms with Crippen molar-refractivity contribution in [3.8, 4) is 11.5 Å². The van der Waals surface area contributed by atoms with Gasteiger partial charge in [-0.2, -0.15) is 10.1 Å². The second-order valence-electron chi connectivity index (χ2n) is 5.44. The minimum Gasteiger partial charge on any atom is -0.497 e. The highest BCUT2D eigenvalue weighted by atomic mass is 79.9. The van der Waals surface area contributed by atoms with Crippen LogP contribution in [0.5, 0.6) is 11.5 Å². The van der Waals surface area contributed by atoms with Crippen LogP contribution in [-0.2, 0) is 4.79 Å². The third kappa shape index (κ3) is 3.44. The van der Waals surface area contributed by atoms with E-state index >= 15 is 0 Å². The number of halogens is 1. The van der Waals surface area contributed by atoms with E-state index in [9.17, 15) is 4.79 Å². The predicted octanol–water partition coefficient (Wildman–Crippen LogP) is 4.27. The van der Waals surface area contributed by atoms with Crippen LogP contribution < -0.4 is 14.5 Å². The molecule has 3 rings (SSSR count). The van der Waals surface area contributed by atoms with Gasteiger partial charge in [-0.15, -0.1) is 0 Å². The van der Waals surface area contributed by atoms with Crippen LogP contribution in [-0.4, -0.2) is 25.8 Å². The van der Waals surface area contributed by atoms with E-state index in [0.29, 0.717) is 22.8 Å². The average molecular weight is 401 g/mol. The molecule has 0 N–H and O–H groups in total. The number of hydrazone groups is 1. The number of methoxy groups -OCH3 is 2. The molecule has 128 valence electrons. The zero-order valence-electron chi connectivity index (χ0n) is 14.1. The van der Waals surface area contributed by atoms with E-state index < -0.39 is 0 Å². The highest BCUT2D eigenvalue weighted by molar-refractivity contribution is 9.10. The van der Waals surface area contributed by atoms with Crippen LogP contribution in [0.3, 0.4) is 0 Å². The molecule has 0 fully saturated rings. The highest BCUT2D eigenvalue weighted by Crippen LogP contribution is 2.30. The second kappa shape index (κ2) is 7.11. The van der Waals surface area contributed by atoms with Gasteiger partial charge >= 0.3 is 0 Å². The van der Waals surface area contributed by atoms with Crippen molar-refractivity contribution in [3.05, 3.63) is 58.1 Å². The Bertz CT molecular complexity index is 873. The monoisotopic (exact) mass is 400 g/mol. The summed E-state index contributed by atoms with van der Waals surface area (Å²) in [5.74, 6) is 1.16. The molecule has 0 atom stereocenters. The molecule has 0 saturated heterocycles. The molecule has 2 aromatic rings. The molecular weight excluding hydrogens is 384 g/mol. The van der Waals surface area contributed by atoms with Gasteiger partial charge in [0.25, 0.3) is 5.91 Å². The van der Waals surface area contributed by atoms with Crippen LogP contribution in [0.4, 0.5) is 5.69 Å². The topological polar surface area (TPSA) is 51.1 Å². The van der Waals surface area contributed by atoms with Crippen LogP contribution in [0.25, 0.3) is 6.08 Å². The second-order valence-corrected chi connectivity index (χ2v) is 6.36. The minimum atomic E-state index is -0.169. The van der Waals surface area contributed by atoms with E-state index in [1.54, 1.807) is 26.4 Å². The molecule has 0 aliphatic carbocycles. The van der Waals surface area contributed by atoms with Crippen LogP contribution >= 0.6 is 15.9 Å². The molecule has 0 bridgehead atoms. The molecule has 25 heavy (non-hydrogen) atoms. The van der Waals surface area contributed by atoms with Gasteiger partial charge in [0.1, 0.15) is 11.5 Å². The summed E-state index contributed by atoms with van der Waals surface area (Å²) in [4.78, 5) is 12.8. The number of hydrogen-bond donors (Lipinski definition) is 0. The van der Waals surface area contributed by atoms with Crippen molar-refractivity contribution in [3.63, 3.8) is 0 Å². The molecule has 0 unspecified atom stereocenters. The lowest BCUT2D eigenvalue weighted by atomic mass is 10.1. The summed E-state index contributed by atoms with van der Waals surface area (Å²) in [7, 11) is 3.18. The fourth-order valence-corrected chi connectivity index (χ4v) is 2.80. The Labute approximate surface area is 154 Å². The standard InChI is InChI=1S/C19H17BrN2O3/c1-12-17(10-13-4-9-16(24-2)11-18(13)25-3)19(23)22(21-12)15-7-5-14(20)6-8-15/h4-11H,1-3H3/b17-10+. The lowest BCUT2D eigenvalue weighted by molar-refractivity contribution is -0.114. The van der Waals surface area contributed by atoms with E-state index in [-0.39, 0.29) is 5.91 Å². The van der Waals surface area contributed by atoms with Gasteiger partial charge in [-0.1, -0.05) is 15.9 Å². The zero-order chi connectivity index (χ0) is 18.0. The maximum Gasteiger partial charge on any atom is 0.280 e. The van der Waals surface area contributed by atoms with Gasteiger partial charge in [0.2, 0.25) is 0 Å². The van der Waals surface area contributed by atoms with Crippen LogP contribution in [0, 0.1) is 0 Å². The predicted molar refractivity (Wildman–Crippen MR) is 102 cm³/mol. The van der Waals surface area contributed by atoms with Crippen molar-refractivity contribution in [2.75, 3.05) is 19.2 Å². The van der Waals surface area contributed by atoms with Crippen molar-refractivity contribution in [1.82, 2.24) is 0 Å². The normalized spacial score (nSPS) is 15.5. The van der Waals surface area contributed by atoms with Crippen LogP contribution in [0.1, 0.15) is 12.5 Å². The van der Waals surface area contributed by atoms with Crippen molar-refractivity contribution in [1.29, 1.82) is 0 Å². The van der Waals surface area contributed by atoms with Crippen LogP contribution in [0.2, 0.25) is 0 Å². The Morgan fingerprint density at radius 3 is 2.44 bits per heavy atom. The van der Waals surface area contributed by atoms with E-state index in [4.69, 9.17) is 9.47 Å². The summed E-state index contributed by atoms with van der Waals surface area (Å²) >= 11 is 3.39. The van der Waals surface area contributed by atoms with Crippen molar-refractivity contribution < 1.29 is 14.3 Å². The van der Waals surface area contributed by atoms with Gasteiger partial charge in [0.15, 0.2) is 0 Å². The molecule has 0 radical (unpaired) electrons. The Morgan fingerprint density at radius 2 is 1.80 bits per heavy atom. The van der Waals surface area contributed by atoms with Gasteiger partial charge < -0.3 is 9.47 Å². The number of carbonyl (C=O) groups excluding carboxylic acids is 1. The van der Waals surface area contributed by atoms with Crippen LogP contribution in [0.15, 0.2) is 57.6 Å². The first-order valence-corrected chi connectivity index (χ1v) is 8.42. The summed E-state index contributed by atoms with van der Waals surface area (Å²) in [5.41, 5.74) is 2.70. The Hall–Kier alpha value is -2.60. The molecule has 1 heterocycles. The first-order chi connectivity index (χ1) is 12.0. The van der Waals surface area contributed by atoms with Gasteiger partial charge in [-0.05, 0) is 49.4 Å². The molecule has 1 amide bonds. The molecule has 1 aliphatic heterocycles. The smallest absolute Gasteiger partial charge is 0.280 e. The first kappa shape index (κ1) is 17.2. The Morgan fingerprint density at radius 1 is 1.08 bits per heavy atom. The van der Waals surface area contributed by atoms with Gasteiger partial charge in [-0.3, -0.25) is 4.79 Å². The highest BCUT2D eigenvalue weighted by Gasteiger charge is 2.28. The van der Waals surface area contributed by atoms with Gasteiger partial charge in [0, 0.05) is 16.1 Å². The lowest BCUT2D eigenvalue weighted by Gasteiger charge is -2.12. The van der Waals surface area contributed by atoms with E-state index in [1.165, 1.54) is 5.01 Å². The van der Waals surface area contributed by atoms with Gasteiger partial charge in [-0.25, -0.2) is 0 Å². The zero-order valence-corrected chi connectivity index (χ0v) is 15.7. The fourth-order valence-electron chi connectivity index (χ4n) is 2.53. The molecule has 0 aromatic heterocycles. The summed E-state index contributed by atoms with van der Waals surface area (Å²) in [6.07, 6.45) is 1.79. The molecule has 2 aromatic carbocycles. The van der Waals surface area contributed by atoms with E-state index in [2.05, 4.69) is 21.0 Å². The Kier molecular flexibility index (Phi) is 4.90. The number of ether oxygens (including phenoxy) is 2. The maximum absolute atomic E-state index is 12.8. The summed E-state index contributed by atoms with van der Waals surface area (Å²) in [5, 5.41) is 5.79. The molecule has 0 saturated carbocycles. The van der Waals surface area contributed by atoms with Crippen molar-refractivity contribution in [2.24, 2.45) is 5.10 Å². The van der Waals surface area contributed by atoms with Gasteiger partial charge in [0.05, 0.1) is 31.2 Å². The molecule has 6 heteroatoms. The fraction of sp³-hybridized carbons (Fsp3) is 0.158. The molecular formula is C19H17BrN2O3. The summed E-state index contributed by atoms with van der Waals surface area (Å²) < 4.78 is 11.6. The molecule has 0 spiro atoms. The summed E-state index contributed by atoms with van der Waals surface area (Å²) in [6.45, 7) is 1.82. The SMILES string of the molecule is COc1ccc(/C=C2/C(=O)N(c3ccc(Br)cc3)N=C2C)c(OC)c1. The largest absolute Gasteiger partial charge is 0.497 e. The maximum atomic E-state index is 12.8. The number of amides is 1. The molecule has 1 aliphatic rings. The van der Waals surface area contributed by atoms with E-state index in [1.807, 2.05) is 43.3 Å². The average Bonchev–Trinajstić information content (AvgIpc) is 2.91. The third-order valence-corrected chi connectivity index (χ3v) is 4.40.